The van der Waals surface area contributed by atoms with Crippen LogP contribution in [-0.2, 0) is 11.2 Å². The zero-order valence-corrected chi connectivity index (χ0v) is 14.2. The van der Waals surface area contributed by atoms with Crippen LogP contribution >= 0.6 is 0 Å². The van der Waals surface area contributed by atoms with Gasteiger partial charge < -0.3 is 15.1 Å². The number of likely N-dealkylation sites (N-methyl/N-ethyl adjacent to an activating group) is 1. The lowest BCUT2D eigenvalue weighted by molar-refractivity contribution is -0.117. The van der Waals surface area contributed by atoms with Gasteiger partial charge in [-0.25, -0.2) is 0 Å². The lowest BCUT2D eigenvalue weighted by Gasteiger charge is -2.15. The third-order valence-corrected chi connectivity index (χ3v) is 4.21. The Kier molecular flexibility index (Phi) is 4.25. The summed E-state index contributed by atoms with van der Waals surface area (Å²) >= 11 is 0. The van der Waals surface area contributed by atoms with Crippen molar-refractivity contribution in [3.05, 3.63) is 53.6 Å². The fourth-order valence-corrected chi connectivity index (χ4v) is 2.94. The summed E-state index contributed by atoms with van der Waals surface area (Å²) in [6.07, 6.45) is 0.392. The Morgan fingerprint density at radius 3 is 2.71 bits per heavy atom. The fourth-order valence-electron chi connectivity index (χ4n) is 2.94. The maximum atomic E-state index is 12.5. The van der Waals surface area contributed by atoms with E-state index in [0.29, 0.717) is 24.2 Å². The van der Waals surface area contributed by atoms with Crippen LogP contribution in [0.4, 0.5) is 17.1 Å². The molecule has 5 heteroatoms. The summed E-state index contributed by atoms with van der Waals surface area (Å²) in [5.74, 6) is -0.0509. The molecule has 0 bridgehead atoms. The quantitative estimate of drug-likeness (QED) is 0.941. The molecule has 2 amide bonds. The van der Waals surface area contributed by atoms with Gasteiger partial charge in [-0.2, -0.15) is 0 Å². The largest absolute Gasteiger partial charge is 0.378 e. The number of carbonyl (C=O) groups is 2. The second kappa shape index (κ2) is 6.35. The summed E-state index contributed by atoms with van der Waals surface area (Å²) in [5.41, 5.74) is 4.19. The lowest BCUT2D eigenvalue weighted by atomic mass is 10.1. The topological polar surface area (TPSA) is 52.7 Å². The smallest absolute Gasteiger partial charge is 0.255 e. The van der Waals surface area contributed by atoms with Gasteiger partial charge in [0.15, 0.2) is 0 Å². The highest BCUT2D eigenvalue weighted by Gasteiger charge is 2.26. The number of amides is 2. The summed E-state index contributed by atoms with van der Waals surface area (Å²) in [4.78, 5) is 28.1. The first kappa shape index (κ1) is 16.1. The minimum atomic E-state index is -0.157. The van der Waals surface area contributed by atoms with Crippen LogP contribution < -0.4 is 15.1 Å². The van der Waals surface area contributed by atoms with E-state index >= 15 is 0 Å². The molecule has 0 saturated carbocycles. The highest BCUT2D eigenvalue weighted by atomic mass is 16.2. The van der Waals surface area contributed by atoms with Crippen molar-refractivity contribution in [3.8, 4) is 0 Å². The molecule has 0 unspecified atom stereocenters. The first-order chi connectivity index (χ1) is 11.5. The van der Waals surface area contributed by atoms with Gasteiger partial charge >= 0.3 is 0 Å². The molecule has 2 aromatic rings. The van der Waals surface area contributed by atoms with Gasteiger partial charge in [0.2, 0.25) is 5.91 Å². The van der Waals surface area contributed by atoms with Crippen molar-refractivity contribution in [1.82, 2.24) is 0 Å². The number of fused-ring (bicyclic) bond motifs is 1. The third-order valence-electron chi connectivity index (χ3n) is 4.21. The minimum absolute atomic E-state index is 0.106. The first-order valence-corrected chi connectivity index (χ1v) is 8.01. The van der Waals surface area contributed by atoms with E-state index in [1.807, 2.05) is 62.3 Å². The molecule has 0 atom stereocenters. The highest BCUT2D eigenvalue weighted by molar-refractivity contribution is 6.06. The zero-order valence-electron chi connectivity index (χ0n) is 14.2. The predicted molar refractivity (Wildman–Crippen MR) is 96.9 cm³/mol. The van der Waals surface area contributed by atoms with Crippen LogP contribution in [0.1, 0.15) is 22.8 Å². The molecule has 1 heterocycles. The van der Waals surface area contributed by atoms with Crippen molar-refractivity contribution in [2.45, 2.75) is 13.3 Å². The van der Waals surface area contributed by atoms with Gasteiger partial charge in [-0.1, -0.05) is 6.07 Å². The second-order valence-electron chi connectivity index (χ2n) is 6.06. The number of benzene rings is 2. The molecular formula is C19H21N3O2. The molecule has 0 saturated heterocycles. The number of hydrogen-bond donors (Lipinski definition) is 1. The number of rotatable bonds is 4. The second-order valence-corrected chi connectivity index (χ2v) is 6.06. The van der Waals surface area contributed by atoms with Gasteiger partial charge in [0, 0.05) is 43.3 Å². The van der Waals surface area contributed by atoms with E-state index in [1.54, 1.807) is 11.0 Å². The molecule has 1 N–H and O–H groups in total. The van der Waals surface area contributed by atoms with E-state index in [0.717, 1.165) is 16.9 Å². The Hall–Kier alpha value is -2.82. The molecular weight excluding hydrogens is 302 g/mol. The average Bonchev–Trinajstić information content (AvgIpc) is 2.89. The van der Waals surface area contributed by atoms with Crippen LogP contribution in [-0.4, -0.2) is 32.5 Å². The molecule has 5 nitrogen and oxygen atoms in total. The summed E-state index contributed by atoms with van der Waals surface area (Å²) < 4.78 is 0. The standard InChI is InChI=1S/C19H21N3O2/c1-4-22-17-9-8-15(10-14(17)12-18(22)23)20-19(24)13-6-5-7-16(11-13)21(2)3/h5-11H,4,12H2,1-3H3,(H,20,24). The van der Waals surface area contributed by atoms with Crippen LogP contribution in [0.5, 0.6) is 0 Å². The molecule has 0 radical (unpaired) electrons. The minimum Gasteiger partial charge on any atom is -0.378 e. The maximum Gasteiger partial charge on any atom is 0.255 e. The highest BCUT2D eigenvalue weighted by Crippen LogP contribution is 2.31. The molecule has 24 heavy (non-hydrogen) atoms. The van der Waals surface area contributed by atoms with Crippen LogP contribution in [0.3, 0.4) is 0 Å². The van der Waals surface area contributed by atoms with E-state index in [4.69, 9.17) is 0 Å². The van der Waals surface area contributed by atoms with E-state index in [2.05, 4.69) is 5.32 Å². The number of nitrogens with zero attached hydrogens (tertiary/aromatic N) is 2. The van der Waals surface area contributed by atoms with Gasteiger partial charge in [-0.15, -0.1) is 0 Å². The SMILES string of the molecule is CCN1C(=O)Cc2cc(NC(=O)c3cccc(N(C)C)c3)ccc21. The molecule has 2 aromatic carbocycles. The van der Waals surface area contributed by atoms with Gasteiger partial charge in [-0.3, -0.25) is 9.59 Å². The monoisotopic (exact) mass is 323 g/mol. The van der Waals surface area contributed by atoms with Crippen LogP contribution in [0.25, 0.3) is 0 Å². The van der Waals surface area contributed by atoms with Crippen LogP contribution in [0.2, 0.25) is 0 Å². The van der Waals surface area contributed by atoms with Gasteiger partial charge in [0.05, 0.1) is 6.42 Å². The van der Waals surface area contributed by atoms with Gasteiger partial charge in [-0.05, 0) is 48.9 Å². The van der Waals surface area contributed by atoms with E-state index in [1.165, 1.54) is 0 Å². The van der Waals surface area contributed by atoms with Gasteiger partial charge in [0.25, 0.3) is 5.91 Å². The number of carbonyl (C=O) groups excluding carboxylic acids is 2. The van der Waals surface area contributed by atoms with Crippen LogP contribution in [0.15, 0.2) is 42.5 Å². The Morgan fingerprint density at radius 1 is 1.21 bits per heavy atom. The molecule has 0 fully saturated rings. The van der Waals surface area contributed by atoms with Crippen molar-refractivity contribution in [2.75, 3.05) is 35.8 Å². The van der Waals surface area contributed by atoms with E-state index < -0.39 is 0 Å². The van der Waals surface area contributed by atoms with Crippen LogP contribution in [0, 0.1) is 0 Å². The fraction of sp³-hybridized carbons (Fsp3) is 0.263. The zero-order chi connectivity index (χ0) is 17.3. The van der Waals surface area contributed by atoms with Crippen molar-refractivity contribution in [2.24, 2.45) is 0 Å². The molecule has 1 aliphatic rings. The molecule has 0 aromatic heterocycles. The van der Waals surface area contributed by atoms with Gasteiger partial charge in [0.1, 0.15) is 0 Å². The van der Waals surface area contributed by atoms with E-state index in [9.17, 15) is 9.59 Å². The van der Waals surface area contributed by atoms with Crippen molar-refractivity contribution < 1.29 is 9.59 Å². The summed E-state index contributed by atoms with van der Waals surface area (Å²) in [6, 6.07) is 13.1. The molecule has 3 rings (SSSR count). The average molecular weight is 323 g/mol. The third kappa shape index (κ3) is 2.97. The van der Waals surface area contributed by atoms with E-state index in [-0.39, 0.29) is 11.8 Å². The van der Waals surface area contributed by atoms with Crippen molar-refractivity contribution in [3.63, 3.8) is 0 Å². The normalized spacial score (nSPS) is 13.0. The Morgan fingerprint density at radius 2 is 2.00 bits per heavy atom. The predicted octanol–water partition coefficient (Wildman–Crippen LogP) is 2.91. The van der Waals surface area contributed by atoms with Crippen molar-refractivity contribution in [1.29, 1.82) is 0 Å². The Labute approximate surface area is 141 Å². The first-order valence-electron chi connectivity index (χ1n) is 8.01. The Balaban J connectivity index is 1.80. The summed E-state index contributed by atoms with van der Waals surface area (Å²) in [5, 5.41) is 2.91. The molecule has 0 spiro atoms. The molecule has 1 aliphatic heterocycles. The number of anilines is 3. The molecule has 124 valence electrons. The number of nitrogens with one attached hydrogen (secondary N) is 1. The number of hydrogen-bond acceptors (Lipinski definition) is 3. The van der Waals surface area contributed by atoms with Crippen molar-refractivity contribution >= 4 is 28.9 Å². The summed E-state index contributed by atoms with van der Waals surface area (Å²) in [6.45, 7) is 2.62. The molecule has 0 aliphatic carbocycles. The lowest BCUT2D eigenvalue weighted by Crippen LogP contribution is -2.25. The maximum absolute atomic E-state index is 12.5. The summed E-state index contributed by atoms with van der Waals surface area (Å²) in [7, 11) is 3.88. The Bertz CT molecular complexity index is 799.